The number of fused-ring (bicyclic) bond motifs is 24. The van der Waals surface area contributed by atoms with E-state index in [4.69, 9.17) is 0 Å². The molecule has 8 fully saturated rings. The Labute approximate surface area is 686 Å². The summed E-state index contributed by atoms with van der Waals surface area (Å²) in [5, 5.41) is 29.4. The number of benzene rings is 4. The number of hydrogen-bond donors (Lipinski definition) is 2. The Morgan fingerprint density at radius 2 is 0.647 bits per heavy atom. The minimum Gasteiger partial charge on any atom is -0.393 e. The van der Waals surface area contributed by atoms with Crippen LogP contribution in [0.5, 0.6) is 0 Å². The maximum Gasteiger partial charge on any atom is 0.155 e. The van der Waals surface area contributed by atoms with Crippen molar-refractivity contribution in [2.75, 3.05) is 0 Å². The minimum atomic E-state index is -0.125. The van der Waals surface area contributed by atoms with Gasteiger partial charge in [0.05, 0.1) is 50.8 Å². The second-order valence-electron chi connectivity index (χ2n) is 41.7. The van der Waals surface area contributed by atoms with E-state index >= 15 is 0 Å². The van der Waals surface area contributed by atoms with Crippen LogP contribution in [0.4, 0.5) is 0 Å². The fraction of sp³-hybridized carbons (Fsp3) is 0.563. The molecule has 0 aliphatic heterocycles. The van der Waals surface area contributed by atoms with Crippen molar-refractivity contribution in [2.45, 2.75) is 247 Å². The number of aliphatic hydroxyl groups is 2. The molecule has 22 atom stereocenters. The van der Waals surface area contributed by atoms with E-state index in [1.54, 1.807) is 11.1 Å². The second kappa shape index (κ2) is 27.7. The van der Waals surface area contributed by atoms with Crippen LogP contribution in [0.2, 0.25) is 0 Å². The van der Waals surface area contributed by atoms with E-state index in [-0.39, 0.29) is 44.7 Å². The summed E-state index contributed by atoms with van der Waals surface area (Å²) in [7, 11) is 0. The van der Waals surface area contributed by atoms with Gasteiger partial charge in [-0.05, 0) is 320 Å². The number of nitrogens with zero attached hydrogens (tertiary/aromatic N) is 9. The summed E-state index contributed by atoms with van der Waals surface area (Å²) < 4.78 is 9.23. The van der Waals surface area contributed by atoms with Gasteiger partial charge in [0.25, 0.3) is 0 Å². The molecule has 4 aromatic heterocycles. The third-order valence-electron chi connectivity index (χ3n) is 37.0. The van der Waals surface area contributed by atoms with Crippen molar-refractivity contribution in [3.05, 3.63) is 187 Å². The Kier molecular flexibility index (Phi) is 18.0. The Bertz CT molecular complexity index is 5230. The third kappa shape index (κ3) is 11.4. The number of allylic oxidation sites excluding steroid dienone is 14. The number of ketones is 2. The van der Waals surface area contributed by atoms with Gasteiger partial charge < -0.3 is 23.9 Å². The van der Waals surface area contributed by atoms with Crippen molar-refractivity contribution in [3.8, 4) is 0 Å². The van der Waals surface area contributed by atoms with Crippen LogP contribution < -0.4 is 0 Å². The van der Waals surface area contributed by atoms with E-state index in [0.717, 1.165) is 164 Å². The topological polar surface area (TPSA) is 159 Å². The SMILES string of the molecule is C[C@]12CCC(=O)C=C1CCC1C2CC[C@]2(C)C(n3cnc4ccccc43)=CCC12.C[C@]12CCC(=O)C=C1CCC1C2CC[C@]2(C)C(n3cnc4ccccc43)=CCC12.C[C@]12CC[C@H](O)CC1=CCC1C2CC[C@]2(C)C(n3cnc4ccccc43)=CCC12.C[C@]12CC[C@H](O)CC1=CCC1C2CC[C@]2(C)C(n3nnc4ccccc43)=CCC12. The van der Waals surface area contributed by atoms with Crippen molar-refractivity contribution < 1.29 is 19.8 Å². The maximum atomic E-state index is 12.0. The highest BCUT2D eigenvalue weighted by Gasteiger charge is 2.63. The zero-order chi connectivity index (χ0) is 79.2. The Hall–Kier alpha value is -8.13. The number of rotatable bonds is 4. The molecule has 4 heterocycles. The summed E-state index contributed by atoms with van der Waals surface area (Å²) in [6, 6.07) is 33.8. The average Bonchev–Trinajstić information content (AvgIpc) is 1.49. The van der Waals surface area contributed by atoms with Gasteiger partial charge >= 0.3 is 0 Å². The first-order valence-corrected chi connectivity index (χ1v) is 45.7. The molecule has 2 N–H and O–H groups in total. The summed E-state index contributed by atoms with van der Waals surface area (Å²) >= 11 is 0. The zero-order valence-electron chi connectivity index (χ0n) is 70.2. The normalized spacial score (nSPS) is 40.1. The van der Waals surface area contributed by atoms with Crippen molar-refractivity contribution >= 4 is 78.5 Å². The van der Waals surface area contributed by atoms with Crippen LogP contribution >= 0.6 is 0 Å². The van der Waals surface area contributed by atoms with Gasteiger partial charge in [0.2, 0.25) is 0 Å². The molecule has 24 rings (SSSR count). The quantitative estimate of drug-likeness (QED) is 0.164. The highest BCUT2D eigenvalue weighted by molar-refractivity contribution is 5.92. The summed E-state index contributed by atoms with van der Waals surface area (Å²) in [6.45, 7) is 20.0. The number of carbonyl (C=O) groups excluding carboxylic acids is 2. The molecule has 13 nitrogen and oxygen atoms in total. The molecule has 604 valence electrons. The van der Waals surface area contributed by atoms with Gasteiger partial charge in [-0.3, -0.25) is 9.59 Å². The molecule has 4 aromatic carbocycles. The van der Waals surface area contributed by atoms with Gasteiger partial charge in [-0.1, -0.05) is 168 Å². The van der Waals surface area contributed by atoms with E-state index in [9.17, 15) is 19.8 Å². The molecule has 16 aliphatic rings. The number of imidazole rings is 3. The largest absolute Gasteiger partial charge is 0.393 e. The molecule has 0 radical (unpaired) electrons. The minimum absolute atomic E-state index is 0.117. The van der Waals surface area contributed by atoms with Crippen molar-refractivity contribution in [3.63, 3.8) is 0 Å². The number of aliphatic hydroxyl groups excluding tert-OH is 2. The van der Waals surface area contributed by atoms with E-state index in [1.807, 2.05) is 37.2 Å². The van der Waals surface area contributed by atoms with Crippen LogP contribution in [-0.2, 0) is 9.59 Å². The first kappa shape index (κ1) is 75.3. The van der Waals surface area contributed by atoms with Crippen molar-refractivity contribution in [2.24, 2.45) is 114 Å². The van der Waals surface area contributed by atoms with Crippen molar-refractivity contribution in [1.82, 2.24) is 43.6 Å². The van der Waals surface area contributed by atoms with Crippen LogP contribution in [0.25, 0.3) is 66.9 Å². The summed E-state index contributed by atoms with van der Waals surface area (Å²) in [5.41, 5.74) is 22.9. The molecule has 116 heavy (non-hydrogen) atoms. The Morgan fingerprint density at radius 1 is 0.319 bits per heavy atom. The molecule has 13 heteroatoms. The average molecular weight is 1550 g/mol. The molecule has 8 saturated carbocycles. The van der Waals surface area contributed by atoms with E-state index < -0.39 is 0 Å². The van der Waals surface area contributed by atoms with Crippen LogP contribution in [0.15, 0.2) is 187 Å². The van der Waals surface area contributed by atoms with Gasteiger partial charge in [0.15, 0.2) is 11.6 Å². The third-order valence-corrected chi connectivity index (χ3v) is 37.0. The summed E-state index contributed by atoms with van der Waals surface area (Å²) in [6.07, 6.45) is 56.6. The lowest BCUT2D eigenvalue weighted by atomic mass is 9.47. The predicted molar refractivity (Wildman–Crippen MR) is 464 cm³/mol. The van der Waals surface area contributed by atoms with Crippen LogP contribution in [0.3, 0.4) is 0 Å². The van der Waals surface area contributed by atoms with Gasteiger partial charge in [-0.15, -0.1) is 5.10 Å². The molecular weight excluding hydrogens is 1430 g/mol. The highest BCUT2D eigenvalue weighted by Crippen LogP contribution is 2.71. The van der Waals surface area contributed by atoms with E-state index in [0.29, 0.717) is 40.2 Å². The maximum absolute atomic E-state index is 12.0. The van der Waals surface area contributed by atoms with Crippen LogP contribution in [-0.4, -0.2) is 77.6 Å². The van der Waals surface area contributed by atoms with Gasteiger partial charge in [0, 0.05) is 57.3 Å². The molecule has 16 aliphatic carbocycles. The fourth-order valence-electron chi connectivity index (χ4n) is 30.5. The molecule has 0 spiro atoms. The van der Waals surface area contributed by atoms with Gasteiger partial charge in [-0.2, -0.15) is 0 Å². The van der Waals surface area contributed by atoms with Gasteiger partial charge in [0.1, 0.15) is 24.5 Å². The highest BCUT2D eigenvalue weighted by atomic mass is 16.3. The van der Waals surface area contributed by atoms with Crippen LogP contribution in [0, 0.1) is 114 Å². The lowest BCUT2D eigenvalue weighted by Gasteiger charge is -2.57. The smallest absolute Gasteiger partial charge is 0.155 e. The summed E-state index contributed by atoms with van der Waals surface area (Å²) in [5.74, 6) is 9.60. The Balaban J connectivity index is 0.0000000966. The van der Waals surface area contributed by atoms with Crippen molar-refractivity contribution in [1.29, 1.82) is 0 Å². The molecule has 12 unspecified atom stereocenters. The Morgan fingerprint density at radius 3 is 1.05 bits per heavy atom. The molecule has 0 saturated heterocycles. The standard InChI is InChI=1S/C26H32N2O.2C26H30N2O.C25H31N3O/c3*1-25-13-11-18(29)15-17(25)7-8-19-20-9-10-24(26(20,2)14-12-21(19)25)28-16-27-22-5-3-4-6-23(22)28;1-24-13-11-17(29)15-16(24)7-8-18-19-9-10-23(25(19,2)14-12-20(18)24)28-22-6-4-3-5-21(22)26-27-28/h3-7,10,16,18-21,29H,8-9,11-15H2,1-2H3;2*3-6,10,15-16,19-21H,7-9,11-14H2,1-2H3;3-7,10,17-20,29H,8-9,11-15H2,1-2H3/t18-,19?,20?,21?,25-,26-;2*19?,20?,21?,25-,26-;17-,18?,19?,20?,24-,25-/m0000/s1. The second-order valence-corrected chi connectivity index (χ2v) is 41.7. The monoisotopic (exact) mass is 1550 g/mol. The zero-order valence-corrected chi connectivity index (χ0v) is 70.2. The molecule has 0 bridgehead atoms. The van der Waals surface area contributed by atoms with E-state index in [2.05, 4.69) is 226 Å². The summed E-state index contributed by atoms with van der Waals surface area (Å²) in [4.78, 5) is 38.1. The molecule has 0 amide bonds. The van der Waals surface area contributed by atoms with Crippen LogP contribution in [0.1, 0.15) is 235 Å². The predicted octanol–water partition coefficient (Wildman–Crippen LogP) is 23.1. The molecule has 8 aromatic rings. The fourth-order valence-corrected chi connectivity index (χ4v) is 30.5. The lowest BCUT2D eigenvalue weighted by Crippen LogP contribution is -2.50. The number of para-hydroxylation sites is 7. The lowest BCUT2D eigenvalue weighted by molar-refractivity contribution is -0.117. The van der Waals surface area contributed by atoms with Gasteiger partial charge in [-0.25, -0.2) is 19.6 Å². The first-order chi connectivity index (χ1) is 56.0. The number of carbonyl (C=O) groups is 2. The molecular formula is C103H123N9O4. The number of hydrogen-bond acceptors (Lipinski definition) is 9. The first-order valence-electron chi connectivity index (χ1n) is 45.7. The van der Waals surface area contributed by atoms with E-state index in [1.165, 1.54) is 147 Å². The number of aromatic nitrogens is 9.